The normalized spacial score (nSPS) is 11.7. The van der Waals surface area contributed by atoms with Crippen LogP contribution in [0.25, 0.3) is 10.9 Å². The van der Waals surface area contributed by atoms with Gasteiger partial charge in [-0.2, -0.15) is 18.4 Å². The SMILES string of the molecule is N#Cc1cccc2c1ccn2CCSC(F)(F)F. The van der Waals surface area contributed by atoms with Crippen molar-refractivity contribution in [2.75, 3.05) is 5.75 Å². The van der Waals surface area contributed by atoms with Gasteiger partial charge in [0.1, 0.15) is 0 Å². The Bertz CT molecular complexity index is 595. The van der Waals surface area contributed by atoms with Crippen LogP contribution in [0.2, 0.25) is 0 Å². The van der Waals surface area contributed by atoms with Crippen molar-refractivity contribution in [1.29, 1.82) is 5.26 Å². The smallest absolute Gasteiger partial charge is 0.347 e. The average molecular weight is 270 g/mol. The predicted molar refractivity (Wildman–Crippen MR) is 65.2 cm³/mol. The average Bonchev–Trinajstić information content (AvgIpc) is 2.71. The molecule has 94 valence electrons. The lowest BCUT2D eigenvalue weighted by molar-refractivity contribution is -0.0328. The molecule has 1 heterocycles. The maximum atomic E-state index is 12.0. The van der Waals surface area contributed by atoms with E-state index in [1.807, 2.05) is 0 Å². The molecule has 0 atom stereocenters. The minimum Gasteiger partial charge on any atom is -0.347 e. The van der Waals surface area contributed by atoms with E-state index in [1.54, 1.807) is 35.0 Å². The molecule has 0 amide bonds. The van der Waals surface area contributed by atoms with Gasteiger partial charge in [0.2, 0.25) is 0 Å². The fourth-order valence-corrected chi connectivity index (χ4v) is 2.30. The van der Waals surface area contributed by atoms with Crippen LogP contribution in [0, 0.1) is 11.3 Å². The zero-order valence-electron chi connectivity index (χ0n) is 9.24. The molecule has 0 saturated heterocycles. The second kappa shape index (κ2) is 4.94. The molecule has 0 fully saturated rings. The number of alkyl halides is 3. The molecule has 0 aliphatic heterocycles. The van der Waals surface area contributed by atoms with Gasteiger partial charge in [0, 0.05) is 29.4 Å². The van der Waals surface area contributed by atoms with Gasteiger partial charge in [0.25, 0.3) is 0 Å². The molecule has 0 N–H and O–H groups in total. The van der Waals surface area contributed by atoms with E-state index in [-0.39, 0.29) is 24.1 Å². The van der Waals surface area contributed by atoms with E-state index >= 15 is 0 Å². The molecule has 0 aliphatic carbocycles. The molecule has 2 nitrogen and oxygen atoms in total. The topological polar surface area (TPSA) is 28.7 Å². The third-order valence-corrected chi connectivity index (χ3v) is 3.25. The van der Waals surface area contributed by atoms with Gasteiger partial charge in [-0.05, 0) is 30.0 Å². The molecule has 0 radical (unpaired) electrons. The minimum absolute atomic E-state index is 0.0355. The van der Waals surface area contributed by atoms with E-state index in [0.717, 1.165) is 10.9 Å². The highest BCUT2D eigenvalue weighted by atomic mass is 32.2. The summed E-state index contributed by atoms with van der Waals surface area (Å²) < 4.78 is 37.8. The fourth-order valence-electron chi connectivity index (χ4n) is 1.78. The molecule has 0 bridgehead atoms. The first-order valence-corrected chi connectivity index (χ1v) is 6.18. The Hall–Kier alpha value is -1.61. The standard InChI is InChI=1S/C12H9F3N2S/c13-12(14,15)18-7-6-17-5-4-10-9(8-16)2-1-3-11(10)17/h1-5H,6-7H2. The molecule has 1 aromatic carbocycles. The Labute approximate surface area is 106 Å². The molecule has 0 saturated carbocycles. The Morgan fingerprint density at radius 3 is 2.72 bits per heavy atom. The quantitative estimate of drug-likeness (QED) is 0.849. The van der Waals surface area contributed by atoms with E-state index in [2.05, 4.69) is 6.07 Å². The lowest BCUT2D eigenvalue weighted by Gasteiger charge is -2.07. The van der Waals surface area contributed by atoms with E-state index in [0.29, 0.717) is 5.56 Å². The minimum atomic E-state index is -4.19. The summed E-state index contributed by atoms with van der Waals surface area (Å²) in [5, 5.41) is 9.69. The number of thioether (sulfide) groups is 1. The highest BCUT2D eigenvalue weighted by molar-refractivity contribution is 8.00. The van der Waals surface area contributed by atoms with Gasteiger partial charge >= 0.3 is 5.51 Å². The summed E-state index contributed by atoms with van der Waals surface area (Å²) >= 11 is -0.0355. The van der Waals surface area contributed by atoms with Crippen molar-refractivity contribution < 1.29 is 13.2 Å². The Morgan fingerprint density at radius 2 is 2.06 bits per heavy atom. The van der Waals surface area contributed by atoms with Crippen molar-refractivity contribution in [3.05, 3.63) is 36.0 Å². The van der Waals surface area contributed by atoms with Crippen LogP contribution in [0.3, 0.4) is 0 Å². The van der Waals surface area contributed by atoms with Crippen molar-refractivity contribution >= 4 is 22.7 Å². The lowest BCUT2D eigenvalue weighted by atomic mass is 10.1. The van der Waals surface area contributed by atoms with Crippen molar-refractivity contribution in [3.63, 3.8) is 0 Å². The maximum Gasteiger partial charge on any atom is 0.441 e. The van der Waals surface area contributed by atoms with Gasteiger partial charge in [-0.1, -0.05) is 6.07 Å². The summed E-state index contributed by atoms with van der Waals surface area (Å²) in [6, 6.07) is 9.04. The molecule has 6 heteroatoms. The number of fused-ring (bicyclic) bond motifs is 1. The lowest BCUT2D eigenvalue weighted by Crippen LogP contribution is -2.06. The molecule has 0 unspecified atom stereocenters. The summed E-state index contributed by atoms with van der Waals surface area (Å²) in [6.07, 6.45) is 1.71. The van der Waals surface area contributed by atoms with Crippen LogP contribution in [0.4, 0.5) is 13.2 Å². The van der Waals surface area contributed by atoms with Gasteiger partial charge < -0.3 is 4.57 Å². The first-order valence-electron chi connectivity index (χ1n) is 5.20. The Kier molecular flexibility index (Phi) is 3.53. The summed E-state index contributed by atoms with van der Waals surface area (Å²) in [5.74, 6) is -0.0376. The number of hydrogen-bond donors (Lipinski definition) is 0. The first kappa shape index (κ1) is 12.8. The van der Waals surface area contributed by atoms with Gasteiger partial charge in [-0.3, -0.25) is 0 Å². The molecular formula is C12H9F3N2S. The monoisotopic (exact) mass is 270 g/mol. The van der Waals surface area contributed by atoms with Crippen molar-refractivity contribution in [2.45, 2.75) is 12.1 Å². The number of benzene rings is 1. The van der Waals surface area contributed by atoms with E-state index in [9.17, 15) is 13.2 Å². The summed E-state index contributed by atoms with van der Waals surface area (Å²) in [4.78, 5) is 0. The maximum absolute atomic E-state index is 12.0. The zero-order chi connectivity index (χ0) is 13.2. The van der Waals surface area contributed by atoms with Gasteiger partial charge in [-0.25, -0.2) is 0 Å². The van der Waals surface area contributed by atoms with E-state index in [1.165, 1.54) is 0 Å². The number of halogens is 3. The zero-order valence-corrected chi connectivity index (χ0v) is 10.1. The molecule has 2 aromatic rings. The molecular weight excluding hydrogens is 261 g/mol. The molecule has 1 aromatic heterocycles. The van der Waals surface area contributed by atoms with Crippen LogP contribution in [0.5, 0.6) is 0 Å². The number of aryl methyl sites for hydroxylation is 1. The predicted octanol–water partition coefficient (Wildman–Crippen LogP) is 3.77. The van der Waals surface area contributed by atoms with Crippen LogP contribution in [-0.4, -0.2) is 15.8 Å². The summed E-state index contributed by atoms with van der Waals surface area (Å²) in [7, 11) is 0. The van der Waals surface area contributed by atoms with Crippen LogP contribution in [0.15, 0.2) is 30.5 Å². The van der Waals surface area contributed by atoms with Crippen LogP contribution in [-0.2, 0) is 6.54 Å². The highest BCUT2D eigenvalue weighted by Crippen LogP contribution is 2.30. The van der Waals surface area contributed by atoms with Crippen molar-refractivity contribution in [2.24, 2.45) is 0 Å². The van der Waals surface area contributed by atoms with Crippen molar-refractivity contribution in [1.82, 2.24) is 4.57 Å². The van der Waals surface area contributed by atoms with Crippen LogP contribution < -0.4 is 0 Å². The molecule has 18 heavy (non-hydrogen) atoms. The number of hydrogen-bond acceptors (Lipinski definition) is 2. The third-order valence-electron chi connectivity index (χ3n) is 2.53. The van der Waals surface area contributed by atoms with Crippen molar-refractivity contribution in [3.8, 4) is 6.07 Å². The second-order valence-electron chi connectivity index (χ2n) is 3.65. The Balaban J connectivity index is 2.18. The van der Waals surface area contributed by atoms with Gasteiger partial charge in [0.15, 0.2) is 0 Å². The number of nitriles is 1. The fraction of sp³-hybridized carbons (Fsp3) is 0.250. The van der Waals surface area contributed by atoms with Crippen LogP contribution in [0.1, 0.15) is 5.56 Å². The summed E-state index contributed by atoms with van der Waals surface area (Å²) in [6.45, 7) is 0.266. The third kappa shape index (κ3) is 2.79. The first-order chi connectivity index (χ1) is 8.51. The van der Waals surface area contributed by atoms with E-state index in [4.69, 9.17) is 5.26 Å². The van der Waals surface area contributed by atoms with Crippen LogP contribution >= 0.6 is 11.8 Å². The van der Waals surface area contributed by atoms with E-state index < -0.39 is 5.51 Å². The molecule has 0 aliphatic rings. The van der Waals surface area contributed by atoms with Gasteiger partial charge in [-0.15, -0.1) is 0 Å². The number of aromatic nitrogens is 1. The molecule has 2 rings (SSSR count). The van der Waals surface area contributed by atoms with Gasteiger partial charge in [0.05, 0.1) is 11.6 Å². The molecule has 0 spiro atoms. The number of nitrogens with zero attached hydrogens (tertiary/aromatic N) is 2. The Morgan fingerprint density at radius 1 is 1.28 bits per heavy atom. The largest absolute Gasteiger partial charge is 0.441 e. The highest BCUT2D eigenvalue weighted by Gasteiger charge is 2.27. The second-order valence-corrected chi connectivity index (χ2v) is 4.81. The summed E-state index contributed by atoms with van der Waals surface area (Å²) in [5.41, 5.74) is -2.87. The number of rotatable bonds is 3.